The number of hydrazine groups is 3. The van der Waals surface area contributed by atoms with Crippen LogP contribution in [0.2, 0.25) is 5.02 Å². The van der Waals surface area contributed by atoms with Crippen LogP contribution < -0.4 is 32.4 Å². The van der Waals surface area contributed by atoms with Crippen LogP contribution in [0.5, 0.6) is 0 Å². The van der Waals surface area contributed by atoms with Crippen LogP contribution in [0.1, 0.15) is 71.7 Å². The second-order valence-corrected chi connectivity index (χ2v) is 24.4. The molecule has 26 nitrogen and oxygen atoms in total. The summed E-state index contributed by atoms with van der Waals surface area (Å²) in [4.78, 5) is 74.8. The summed E-state index contributed by atoms with van der Waals surface area (Å²) in [5, 5.41) is 20.6. The number of hydrogen-bond donors (Lipinski definition) is 6. The van der Waals surface area contributed by atoms with Gasteiger partial charge in [0, 0.05) is 115 Å². The first-order chi connectivity index (χ1) is 51.1. The normalized spacial score (nSPS) is 13.3. The van der Waals surface area contributed by atoms with Gasteiger partial charge in [-0.2, -0.15) is 52.7 Å². The molecule has 3 amide bonds. The molecule has 1 aliphatic carbocycles. The number of carbonyl (C=O) groups excluding carboxylic acids is 4. The molecule has 7 heterocycles. The first kappa shape index (κ1) is 82.3. The van der Waals surface area contributed by atoms with Crippen LogP contribution in [0.4, 0.5) is 64.2 Å². The van der Waals surface area contributed by atoms with Gasteiger partial charge in [0.25, 0.3) is 17.7 Å². The van der Waals surface area contributed by atoms with E-state index in [1.165, 1.54) is 125 Å². The van der Waals surface area contributed by atoms with Crippen LogP contribution in [-0.4, -0.2) is 128 Å². The van der Waals surface area contributed by atoms with E-state index in [-0.39, 0.29) is 87.7 Å². The van der Waals surface area contributed by atoms with Gasteiger partial charge in [0.15, 0.2) is 29.1 Å². The number of aryl methyl sites for hydroxylation is 4. The highest BCUT2D eigenvalue weighted by molar-refractivity contribution is 6.32. The van der Waals surface area contributed by atoms with Crippen LogP contribution in [0.25, 0.3) is 70.4 Å². The number of aromatic nitrogens is 15. The van der Waals surface area contributed by atoms with Gasteiger partial charge in [-0.05, 0) is 148 Å². The second kappa shape index (κ2) is 36.3. The Morgan fingerprint density at radius 2 is 0.927 bits per heavy atom. The molecule has 10 aromatic rings. The number of hydrogen-bond acceptors (Lipinski definition) is 19. The molecule has 0 unspecified atom stereocenters. The third-order valence-electron chi connectivity index (χ3n) is 14.7. The third kappa shape index (κ3) is 25.4. The molecule has 0 spiro atoms. The van der Waals surface area contributed by atoms with E-state index in [0.717, 1.165) is 68.4 Å². The Labute approximate surface area is 618 Å². The zero-order chi connectivity index (χ0) is 78.1. The molecule has 109 heavy (non-hydrogen) atoms. The van der Waals surface area contributed by atoms with Crippen molar-refractivity contribution < 1.29 is 71.9 Å². The Balaban J connectivity index is 0.000000183. The molecule has 1 aliphatic heterocycles. The highest BCUT2D eigenvalue weighted by Gasteiger charge is 2.36. The molecular formula is C70H67ClF12N22O4. The van der Waals surface area contributed by atoms with Crippen LogP contribution in [0, 0.1) is 33.6 Å². The lowest BCUT2D eigenvalue weighted by molar-refractivity contribution is -0.138. The van der Waals surface area contributed by atoms with Gasteiger partial charge in [-0.25, -0.2) is 54.1 Å². The SMILES string of the molecule is C.Cc1cc(-c2ncn(/C=C\C(=O)CNc3cnccn3)n2)cc(C(F)(F)F)c1Cl.Cc1cc(-c2ncn(/C=C\C(=O)NN3CC(C)C3)n2)cc(C(F)(F)F)c1.Cc1cc(-c2ncn(/C=C\C(=O)NNC3CC3)n2)cc(C(F)(F)F)c1.Cc1cc(-c2ncn(/C=C\C(=O)NNc3ccncc3)n2)cc(C(F)(F)F)c1. The highest BCUT2D eigenvalue weighted by Crippen LogP contribution is 2.40. The predicted octanol–water partition coefficient (Wildman–Crippen LogP) is 13.0. The maximum atomic E-state index is 13.1. The van der Waals surface area contributed by atoms with Crippen LogP contribution in [-0.2, 0) is 43.9 Å². The van der Waals surface area contributed by atoms with Crippen molar-refractivity contribution in [2.75, 3.05) is 30.4 Å². The molecule has 572 valence electrons. The summed E-state index contributed by atoms with van der Waals surface area (Å²) >= 11 is 5.77. The number of ketones is 1. The molecule has 0 bridgehead atoms. The Bertz CT molecular complexity index is 4910. The van der Waals surface area contributed by atoms with Gasteiger partial charge in [0.2, 0.25) is 0 Å². The molecule has 6 N–H and O–H groups in total. The molecule has 4 aromatic carbocycles. The number of nitrogens with zero attached hydrogens (tertiary/aromatic N) is 16. The number of rotatable bonds is 20. The van der Waals surface area contributed by atoms with Gasteiger partial charge in [0.1, 0.15) is 31.1 Å². The summed E-state index contributed by atoms with van der Waals surface area (Å²) < 4.78 is 161. The third-order valence-corrected chi connectivity index (χ3v) is 15.2. The summed E-state index contributed by atoms with van der Waals surface area (Å²) in [5.41, 5.74) is 13.2. The first-order valence-corrected chi connectivity index (χ1v) is 32.4. The maximum absolute atomic E-state index is 13.1. The zero-order valence-corrected chi connectivity index (χ0v) is 58.0. The van der Waals surface area contributed by atoms with Crippen molar-refractivity contribution in [2.45, 2.75) is 85.6 Å². The number of nitrogens with one attached hydrogen (secondary N) is 6. The number of halogens is 13. The average Bonchev–Trinajstić information content (AvgIpc) is 1.80. The van der Waals surface area contributed by atoms with Crippen molar-refractivity contribution in [3.05, 3.63) is 209 Å². The Morgan fingerprint density at radius 3 is 1.33 bits per heavy atom. The number of benzene rings is 4. The largest absolute Gasteiger partial charge is 0.417 e. The predicted molar refractivity (Wildman–Crippen MR) is 379 cm³/mol. The molecule has 39 heteroatoms. The van der Waals surface area contributed by atoms with Gasteiger partial charge >= 0.3 is 24.7 Å². The van der Waals surface area contributed by atoms with E-state index in [9.17, 15) is 71.9 Å². The van der Waals surface area contributed by atoms with E-state index in [0.29, 0.717) is 40.2 Å². The van der Waals surface area contributed by atoms with E-state index >= 15 is 0 Å². The smallest absolute Gasteiger partial charge is 0.361 e. The lowest BCUT2D eigenvalue weighted by Gasteiger charge is -2.36. The van der Waals surface area contributed by atoms with Crippen LogP contribution in [0.15, 0.2) is 159 Å². The number of amides is 3. The number of anilines is 2. The second-order valence-electron chi connectivity index (χ2n) is 24.0. The van der Waals surface area contributed by atoms with Crippen molar-refractivity contribution in [3.63, 3.8) is 0 Å². The average molecular weight is 1540 g/mol. The van der Waals surface area contributed by atoms with Gasteiger partial charge < -0.3 is 5.32 Å². The van der Waals surface area contributed by atoms with Gasteiger partial charge in [0.05, 0.1) is 45.7 Å². The van der Waals surface area contributed by atoms with Crippen LogP contribution in [0.3, 0.4) is 0 Å². The van der Waals surface area contributed by atoms with Gasteiger partial charge in [-0.3, -0.25) is 50.8 Å². The molecule has 2 fully saturated rings. The van der Waals surface area contributed by atoms with Crippen molar-refractivity contribution in [3.8, 4) is 45.6 Å². The number of alkyl halides is 12. The quantitative estimate of drug-likeness (QED) is 0.0235. The minimum absolute atomic E-state index is 0. The summed E-state index contributed by atoms with van der Waals surface area (Å²) in [7, 11) is 0. The highest BCUT2D eigenvalue weighted by atomic mass is 35.5. The Hall–Kier alpha value is -12.3. The molecule has 0 atom stereocenters. The first-order valence-electron chi connectivity index (χ1n) is 32.0. The van der Waals surface area contributed by atoms with E-state index in [4.69, 9.17) is 11.6 Å². The van der Waals surface area contributed by atoms with E-state index in [2.05, 4.69) is 94.7 Å². The molecule has 0 radical (unpaired) electrons. The number of carbonyl (C=O) groups is 4. The molecule has 1 saturated carbocycles. The Morgan fingerprint density at radius 1 is 0.505 bits per heavy atom. The van der Waals surface area contributed by atoms with Crippen LogP contribution >= 0.6 is 11.6 Å². The lowest BCUT2D eigenvalue weighted by Crippen LogP contribution is -2.54. The van der Waals surface area contributed by atoms with Crippen molar-refractivity contribution in [2.24, 2.45) is 5.92 Å². The summed E-state index contributed by atoms with van der Waals surface area (Å²) in [5.74, 6) is 0.139. The van der Waals surface area contributed by atoms with Crippen molar-refractivity contribution >= 4 is 71.4 Å². The Kier molecular flexibility index (Phi) is 27.4. The minimum atomic E-state index is -4.59. The fourth-order valence-corrected chi connectivity index (χ4v) is 9.72. The number of pyridine rings is 1. The molecule has 1 saturated heterocycles. The molecule has 12 rings (SSSR count). The fraction of sp³-hybridized carbons (Fsp3) is 0.243. The molecule has 2 aliphatic rings. The van der Waals surface area contributed by atoms with Crippen molar-refractivity contribution in [1.29, 1.82) is 0 Å². The van der Waals surface area contributed by atoms with Gasteiger partial charge in [-0.1, -0.05) is 26.0 Å². The maximum Gasteiger partial charge on any atom is 0.417 e. The minimum Gasteiger partial charge on any atom is -0.361 e. The topological polar surface area (TPSA) is 305 Å². The zero-order valence-electron chi connectivity index (χ0n) is 57.2. The van der Waals surface area contributed by atoms with E-state index < -0.39 is 52.9 Å². The monoisotopic (exact) mass is 1540 g/mol. The summed E-state index contributed by atoms with van der Waals surface area (Å²) in [6.45, 7) is 9.89. The van der Waals surface area contributed by atoms with E-state index in [1.54, 1.807) is 68.5 Å². The van der Waals surface area contributed by atoms with Crippen molar-refractivity contribution in [1.82, 2.24) is 101 Å². The standard InChI is InChI=1S/C18H14ClF3N6O.C18H15F3N6O.C17H18F3N5O.C16H16F3N5O.CH4/c1-11-6-12(7-14(16(11)19)18(20,21)22)17-26-10-28(27-17)5-2-13(29)8-25-15-9-23-3-4-24-15;1-12-8-13(10-14(9-12)18(19,20)21)17-23-11-27(26-17)7-4-16(28)25-24-15-2-5-22-6-3-15;1-11-5-13(7-14(6-11)17(18,19)20)16-21-10-24(23-16)4-3-15(26)22-25-8-12(2)9-25;1-10-6-11(8-12(7-10)16(17,18)19)15-20-9-24(23-15)5-4-14(25)22-21-13-2-3-13;/h2-7,9-10H,8H2,1H3,(H,24,25);2-11H,1H3,(H,22,24)(H,25,28);3-7,10,12H,8-9H2,1-2H3,(H,22,26);4-9,13,21H,2-3H2,1H3,(H,22,25);1H4/b5-2-;7-4-;4-3-;5-4-;. The molecular weight excluding hydrogens is 1480 g/mol. The molecule has 6 aromatic heterocycles. The van der Waals surface area contributed by atoms with E-state index in [1.807, 2.05) is 0 Å². The summed E-state index contributed by atoms with van der Waals surface area (Å²) in [6.07, 6.45) is 7.46. The summed E-state index contributed by atoms with van der Waals surface area (Å²) in [6, 6.07) is 16.9. The van der Waals surface area contributed by atoms with Gasteiger partial charge in [-0.15, -0.1) is 20.4 Å². The lowest BCUT2D eigenvalue weighted by atomic mass is 10.1. The fourth-order valence-electron chi connectivity index (χ4n) is 9.50.